The number of rotatable bonds is 7. The summed E-state index contributed by atoms with van der Waals surface area (Å²) < 4.78 is 0. The number of nitrogens with two attached hydrogens (primary N) is 1. The van der Waals surface area contributed by atoms with E-state index >= 15 is 0 Å². The van der Waals surface area contributed by atoms with Crippen LogP contribution < -0.4 is 5.73 Å². The summed E-state index contributed by atoms with van der Waals surface area (Å²) in [5, 5.41) is 18.0. The molecule has 0 fully saturated rings. The molecule has 15 heavy (non-hydrogen) atoms. The van der Waals surface area contributed by atoms with Gasteiger partial charge >= 0.3 is 5.97 Å². The van der Waals surface area contributed by atoms with Crippen LogP contribution in [0.1, 0.15) is 20.3 Å². The molecule has 4 N–H and O–H groups in total. The molecular weight excluding hydrogens is 200 g/mol. The van der Waals surface area contributed by atoms with Gasteiger partial charge in [0.15, 0.2) is 0 Å². The van der Waals surface area contributed by atoms with Gasteiger partial charge in [-0.3, -0.25) is 14.5 Å². The molecule has 0 aliphatic heterocycles. The maximum Gasteiger partial charge on any atom is 0.317 e. The largest absolute Gasteiger partial charge is 0.480 e. The van der Waals surface area contributed by atoms with E-state index in [9.17, 15) is 14.7 Å². The molecule has 6 nitrogen and oxygen atoms in total. The molecule has 0 bridgehead atoms. The molecule has 0 heterocycles. The van der Waals surface area contributed by atoms with Crippen LogP contribution in [0.2, 0.25) is 0 Å². The number of carboxylic acids is 1. The lowest BCUT2D eigenvalue weighted by atomic mass is 10.1. The first-order valence-electron chi connectivity index (χ1n) is 4.65. The van der Waals surface area contributed by atoms with Crippen LogP contribution in [-0.4, -0.2) is 52.2 Å². The van der Waals surface area contributed by atoms with Gasteiger partial charge in [-0.15, -0.1) is 0 Å². The lowest BCUT2D eigenvalue weighted by molar-refractivity contribution is -0.138. The first-order chi connectivity index (χ1) is 6.70. The highest BCUT2D eigenvalue weighted by molar-refractivity contribution is 5.77. The Hall–Kier alpha value is -1.14. The fourth-order valence-electron chi connectivity index (χ4n) is 1.06. The average molecular weight is 218 g/mol. The zero-order valence-corrected chi connectivity index (χ0v) is 9.06. The Morgan fingerprint density at radius 3 is 2.20 bits per heavy atom. The van der Waals surface area contributed by atoms with Crippen molar-refractivity contribution in [3.63, 3.8) is 0 Å². The summed E-state index contributed by atoms with van der Waals surface area (Å²) >= 11 is 0. The SMILES string of the molecule is CC(C)(O)CCN(CC(N)=O)CC(=O)O. The first-order valence-corrected chi connectivity index (χ1v) is 4.65. The van der Waals surface area contributed by atoms with Gasteiger partial charge < -0.3 is 15.9 Å². The highest BCUT2D eigenvalue weighted by Gasteiger charge is 2.17. The van der Waals surface area contributed by atoms with Crippen molar-refractivity contribution in [2.24, 2.45) is 5.73 Å². The van der Waals surface area contributed by atoms with Crippen molar-refractivity contribution in [2.45, 2.75) is 25.9 Å². The van der Waals surface area contributed by atoms with Crippen molar-refractivity contribution in [3.8, 4) is 0 Å². The summed E-state index contributed by atoms with van der Waals surface area (Å²) in [5.41, 5.74) is 4.09. The maximum absolute atomic E-state index is 10.6. The monoisotopic (exact) mass is 218 g/mol. The molecule has 1 amide bonds. The fraction of sp³-hybridized carbons (Fsp3) is 0.778. The number of aliphatic carboxylic acids is 1. The Balaban J connectivity index is 4.12. The Bertz CT molecular complexity index is 219. The smallest absolute Gasteiger partial charge is 0.317 e. The second-order valence-electron chi connectivity index (χ2n) is 4.13. The topological polar surface area (TPSA) is 104 Å². The van der Waals surface area contributed by atoms with Crippen LogP contribution >= 0.6 is 0 Å². The third kappa shape index (κ3) is 9.17. The van der Waals surface area contributed by atoms with Gasteiger partial charge in [0.05, 0.1) is 18.7 Å². The second-order valence-corrected chi connectivity index (χ2v) is 4.13. The Morgan fingerprint density at radius 2 is 1.87 bits per heavy atom. The van der Waals surface area contributed by atoms with Crippen molar-refractivity contribution >= 4 is 11.9 Å². The van der Waals surface area contributed by atoms with Crippen molar-refractivity contribution in [1.82, 2.24) is 4.90 Å². The van der Waals surface area contributed by atoms with E-state index in [1.54, 1.807) is 13.8 Å². The van der Waals surface area contributed by atoms with E-state index in [1.807, 2.05) is 0 Å². The van der Waals surface area contributed by atoms with Crippen LogP contribution in [-0.2, 0) is 9.59 Å². The molecule has 0 saturated carbocycles. The quantitative estimate of drug-likeness (QED) is 0.509. The predicted molar refractivity (Wildman–Crippen MR) is 54.2 cm³/mol. The van der Waals surface area contributed by atoms with E-state index < -0.39 is 17.5 Å². The van der Waals surface area contributed by atoms with Crippen LogP contribution in [0, 0.1) is 0 Å². The standard InChI is InChI=1S/C9H18N2O4/c1-9(2,15)3-4-11(5-7(10)12)6-8(13)14/h15H,3-6H2,1-2H3,(H2,10,12)(H,13,14). The molecule has 0 aliphatic carbocycles. The molecule has 88 valence electrons. The van der Waals surface area contributed by atoms with Gasteiger partial charge in [0.25, 0.3) is 0 Å². The summed E-state index contributed by atoms with van der Waals surface area (Å²) in [5.74, 6) is -1.60. The van der Waals surface area contributed by atoms with E-state index in [1.165, 1.54) is 4.90 Å². The average Bonchev–Trinajstić information content (AvgIpc) is 1.96. The van der Waals surface area contributed by atoms with Gasteiger partial charge in [-0.05, 0) is 20.3 Å². The lowest BCUT2D eigenvalue weighted by Crippen LogP contribution is -2.40. The molecule has 0 saturated heterocycles. The summed E-state index contributed by atoms with van der Waals surface area (Å²) in [6.45, 7) is 3.20. The highest BCUT2D eigenvalue weighted by atomic mass is 16.4. The molecule has 0 rings (SSSR count). The number of carbonyl (C=O) groups excluding carboxylic acids is 1. The van der Waals surface area contributed by atoms with E-state index in [0.29, 0.717) is 13.0 Å². The maximum atomic E-state index is 10.6. The minimum atomic E-state index is -1.02. The van der Waals surface area contributed by atoms with Gasteiger partial charge in [-0.2, -0.15) is 0 Å². The molecule has 0 atom stereocenters. The van der Waals surface area contributed by atoms with Crippen molar-refractivity contribution in [2.75, 3.05) is 19.6 Å². The van der Waals surface area contributed by atoms with Crippen molar-refractivity contribution in [3.05, 3.63) is 0 Å². The summed E-state index contributed by atoms with van der Waals surface area (Å²) in [6.07, 6.45) is 0.382. The van der Waals surface area contributed by atoms with Crippen LogP contribution in [0.4, 0.5) is 0 Å². The zero-order valence-electron chi connectivity index (χ0n) is 9.06. The second kappa shape index (κ2) is 5.67. The summed E-state index contributed by atoms with van der Waals surface area (Å²) in [4.78, 5) is 22.5. The van der Waals surface area contributed by atoms with Crippen LogP contribution in [0.25, 0.3) is 0 Å². The van der Waals surface area contributed by atoms with E-state index in [-0.39, 0.29) is 13.1 Å². The Labute approximate surface area is 88.7 Å². The third-order valence-corrected chi connectivity index (χ3v) is 1.78. The Morgan fingerprint density at radius 1 is 1.33 bits per heavy atom. The van der Waals surface area contributed by atoms with Crippen LogP contribution in [0.3, 0.4) is 0 Å². The molecule has 0 aromatic heterocycles. The number of aliphatic hydroxyl groups is 1. The molecule has 0 radical (unpaired) electrons. The number of hydrogen-bond acceptors (Lipinski definition) is 4. The highest BCUT2D eigenvalue weighted by Crippen LogP contribution is 2.08. The van der Waals surface area contributed by atoms with Crippen molar-refractivity contribution in [1.29, 1.82) is 0 Å². The van der Waals surface area contributed by atoms with E-state index in [2.05, 4.69) is 0 Å². The predicted octanol–water partition coefficient (Wildman–Crippen LogP) is -0.981. The lowest BCUT2D eigenvalue weighted by Gasteiger charge is -2.23. The first kappa shape index (κ1) is 13.9. The molecule has 0 unspecified atom stereocenters. The summed E-state index contributed by atoms with van der Waals surface area (Å²) in [7, 11) is 0. The number of carbonyl (C=O) groups is 2. The normalized spacial score (nSPS) is 11.7. The molecule has 0 aliphatic rings. The number of amides is 1. The number of hydrogen-bond donors (Lipinski definition) is 3. The fourth-order valence-corrected chi connectivity index (χ4v) is 1.06. The minimum Gasteiger partial charge on any atom is -0.480 e. The van der Waals surface area contributed by atoms with E-state index in [4.69, 9.17) is 10.8 Å². The number of nitrogens with zero attached hydrogens (tertiary/aromatic N) is 1. The zero-order chi connectivity index (χ0) is 12.1. The van der Waals surface area contributed by atoms with Gasteiger partial charge in [-0.25, -0.2) is 0 Å². The molecule has 0 aromatic carbocycles. The minimum absolute atomic E-state index is 0.109. The molecular formula is C9H18N2O4. The van der Waals surface area contributed by atoms with Crippen LogP contribution in [0.15, 0.2) is 0 Å². The van der Waals surface area contributed by atoms with Gasteiger partial charge in [0, 0.05) is 6.54 Å². The molecule has 6 heteroatoms. The van der Waals surface area contributed by atoms with Crippen molar-refractivity contribution < 1.29 is 19.8 Å². The van der Waals surface area contributed by atoms with Crippen LogP contribution in [0.5, 0.6) is 0 Å². The molecule has 0 spiro atoms. The Kier molecular flexibility index (Phi) is 5.24. The summed E-state index contributed by atoms with van der Waals surface area (Å²) in [6, 6.07) is 0. The van der Waals surface area contributed by atoms with Gasteiger partial charge in [0.2, 0.25) is 5.91 Å². The van der Waals surface area contributed by atoms with Gasteiger partial charge in [0.1, 0.15) is 0 Å². The molecule has 0 aromatic rings. The number of carboxylic acid groups (broad SMARTS) is 1. The number of primary amides is 1. The van der Waals surface area contributed by atoms with E-state index in [0.717, 1.165) is 0 Å². The third-order valence-electron chi connectivity index (χ3n) is 1.78. The van der Waals surface area contributed by atoms with Gasteiger partial charge in [-0.1, -0.05) is 0 Å².